The Kier molecular flexibility index (Phi) is 3.45. The molecular weight excluding hydrogens is 158 g/mol. The molecule has 0 unspecified atom stereocenters. The van der Waals surface area contributed by atoms with Crippen LogP contribution in [0.3, 0.4) is 0 Å². The van der Waals surface area contributed by atoms with Crippen molar-refractivity contribution in [2.45, 2.75) is 26.8 Å². The Morgan fingerprint density at radius 2 is 2.27 bits per heavy atom. The van der Waals surface area contributed by atoms with Crippen LogP contribution in [0.2, 0.25) is 0 Å². The predicted molar refractivity (Wildman–Crippen MR) is 46.6 cm³/mol. The second kappa shape index (κ2) is 4.41. The molecule has 4 heteroatoms. The zero-order valence-corrected chi connectivity index (χ0v) is 7.74. The van der Waals surface area contributed by atoms with Crippen molar-refractivity contribution in [1.29, 1.82) is 0 Å². The van der Waals surface area contributed by atoms with Crippen LogP contribution in [0.25, 0.3) is 0 Å². The lowest BCUT2D eigenvalue weighted by Crippen LogP contribution is -2.13. The fourth-order valence-corrected chi connectivity index (χ4v) is 1.46. The number of hydrogen-bond acceptors (Lipinski definition) is 4. The van der Waals surface area contributed by atoms with Crippen LogP contribution in [0.15, 0.2) is 0 Å². The third-order valence-corrected chi connectivity index (χ3v) is 2.11. The maximum Gasteiger partial charge on any atom is 0.131 e. The normalized spacial score (nSPS) is 10.4. The molecule has 1 heterocycles. The van der Waals surface area contributed by atoms with Gasteiger partial charge in [0.15, 0.2) is 0 Å². The van der Waals surface area contributed by atoms with E-state index in [1.165, 1.54) is 0 Å². The van der Waals surface area contributed by atoms with Crippen molar-refractivity contribution in [2.75, 3.05) is 6.54 Å². The highest BCUT2D eigenvalue weighted by Gasteiger charge is 1.97. The molecule has 0 aromatic carbocycles. The van der Waals surface area contributed by atoms with Crippen molar-refractivity contribution in [3.63, 3.8) is 0 Å². The van der Waals surface area contributed by atoms with Gasteiger partial charge in [-0.15, -0.1) is 21.5 Å². The molecule has 1 aromatic heterocycles. The van der Waals surface area contributed by atoms with Gasteiger partial charge in [0.2, 0.25) is 0 Å². The molecule has 0 aliphatic rings. The lowest BCUT2D eigenvalue weighted by molar-refractivity contribution is 0.668. The summed E-state index contributed by atoms with van der Waals surface area (Å²) >= 11 is 1.65. The minimum absolute atomic E-state index is 0.860. The molecule has 0 saturated carbocycles. The Morgan fingerprint density at radius 1 is 1.45 bits per heavy atom. The summed E-state index contributed by atoms with van der Waals surface area (Å²) in [4.78, 5) is 0. The monoisotopic (exact) mass is 171 g/mol. The van der Waals surface area contributed by atoms with Crippen LogP contribution < -0.4 is 5.32 Å². The van der Waals surface area contributed by atoms with Crippen molar-refractivity contribution in [1.82, 2.24) is 15.5 Å². The van der Waals surface area contributed by atoms with E-state index in [9.17, 15) is 0 Å². The molecule has 11 heavy (non-hydrogen) atoms. The molecule has 3 nitrogen and oxygen atoms in total. The Bertz CT molecular complexity index is 209. The molecule has 1 N–H and O–H groups in total. The molecule has 0 aliphatic heterocycles. The first-order chi connectivity index (χ1) is 5.33. The van der Waals surface area contributed by atoms with Gasteiger partial charge in [-0.05, 0) is 19.9 Å². The second-order valence-electron chi connectivity index (χ2n) is 2.39. The maximum absolute atomic E-state index is 3.99. The number of rotatable bonds is 4. The van der Waals surface area contributed by atoms with E-state index in [4.69, 9.17) is 0 Å². The predicted octanol–water partition coefficient (Wildman–Crippen LogP) is 1.35. The van der Waals surface area contributed by atoms with Crippen molar-refractivity contribution in [3.05, 3.63) is 10.0 Å². The first-order valence-electron chi connectivity index (χ1n) is 3.82. The molecule has 0 saturated heterocycles. The van der Waals surface area contributed by atoms with Gasteiger partial charge in [0.25, 0.3) is 0 Å². The molecule has 0 spiro atoms. The molecule has 0 bridgehead atoms. The minimum atomic E-state index is 0.860. The van der Waals surface area contributed by atoms with E-state index in [1.54, 1.807) is 11.3 Å². The molecule has 0 aliphatic carbocycles. The van der Waals surface area contributed by atoms with E-state index in [1.807, 2.05) is 6.92 Å². The fourth-order valence-electron chi connectivity index (χ4n) is 0.781. The molecule has 0 radical (unpaired) electrons. The first kappa shape index (κ1) is 8.62. The average Bonchev–Trinajstić information content (AvgIpc) is 2.37. The smallest absolute Gasteiger partial charge is 0.131 e. The summed E-state index contributed by atoms with van der Waals surface area (Å²) in [5.74, 6) is 0. The SMILES string of the molecule is CCCNCc1nnc(C)s1. The number of hydrogen-bond donors (Lipinski definition) is 1. The van der Waals surface area contributed by atoms with Gasteiger partial charge in [0, 0.05) is 6.54 Å². The van der Waals surface area contributed by atoms with E-state index in [2.05, 4.69) is 22.4 Å². The van der Waals surface area contributed by atoms with Crippen LogP contribution in [0.5, 0.6) is 0 Å². The van der Waals surface area contributed by atoms with Crippen LogP contribution in [-0.4, -0.2) is 16.7 Å². The summed E-state index contributed by atoms with van der Waals surface area (Å²) < 4.78 is 0. The summed E-state index contributed by atoms with van der Waals surface area (Å²) in [6, 6.07) is 0. The van der Waals surface area contributed by atoms with Crippen molar-refractivity contribution < 1.29 is 0 Å². The Labute approximate surface area is 70.9 Å². The van der Waals surface area contributed by atoms with Gasteiger partial charge in [-0.1, -0.05) is 6.92 Å². The van der Waals surface area contributed by atoms with E-state index in [-0.39, 0.29) is 0 Å². The Hall–Kier alpha value is -0.480. The van der Waals surface area contributed by atoms with Gasteiger partial charge >= 0.3 is 0 Å². The molecule has 0 atom stereocenters. The summed E-state index contributed by atoms with van der Waals surface area (Å²) in [7, 11) is 0. The minimum Gasteiger partial charge on any atom is -0.310 e. The molecule has 1 aromatic rings. The number of aromatic nitrogens is 2. The molecule has 1 rings (SSSR count). The average molecular weight is 171 g/mol. The maximum atomic E-state index is 3.99. The molecule has 0 amide bonds. The van der Waals surface area contributed by atoms with E-state index >= 15 is 0 Å². The second-order valence-corrected chi connectivity index (χ2v) is 3.66. The highest BCUT2D eigenvalue weighted by atomic mass is 32.1. The van der Waals surface area contributed by atoms with Gasteiger partial charge in [-0.3, -0.25) is 0 Å². The van der Waals surface area contributed by atoms with Gasteiger partial charge in [-0.25, -0.2) is 0 Å². The van der Waals surface area contributed by atoms with Crippen LogP contribution in [0, 0.1) is 6.92 Å². The number of nitrogens with one attached hydrogen (secondary N) is 1. The van der Waals surface area contributed by atoms with Crippen LogP contribution in [0.4, 0.5) is 0 Å². The van der Waals surface area contributed by atoms with Crippen molar-refractivity contribution >= 4 is 11.3 Å². The third-order valence-electron chi connectivity index (χ3n) is 1.27. The third kappa shape index (κ3) is 2.95. The summed E-state index contributed by atoms with van der Waals surface area (Å²) in [6.07, 6.45) is 1.16. The quantitative estimate of drug-likeness (QED) is 0.695. The van der Waals surface area contributed by atoms with Gasteiger partial charge < -0.3 is 5.32 Å². The van der Waals surface area contributed by atoms with Gasteiger partial charge in [0.05, 0.1) is 0 Å². The van der Waals surface area contributed by atoms with E-state index in [0.29, 0.717) is 0 Å². The zero-order chi connectivity index (χ0) is 8.10. The van der Waals surface area contributed by atoms with Gasteiger partial charge in [0.1, 0.15) is 10.0 Å². The summed E-state index contributed by atoms with van der Waals surface area (Å²) in [5, 5.41) is 13.3. The lowest BCUT2D eigenvalue weighted by Gasteiger charge is -1.96. The Balaban J connectivity index is 2.27. The van der Waals surface area contributed by atoms with Crippen molar-refractivity contribution in [2.24, 2.45) is 0 Å². The van der Waals surface area contributed by atoms with Crippen LogP contribution in [0.1, 0.15) is 23.4 Å². The topological polar surface area (TPSA) is 37.8 Å². The Morgan fingerprint density at radius 3 is 2.82 bits per heavy atom. The van der Waals surface area contributed by atoms with E-state index < -0.39 is 0 Å². The number of aryl methyl sites for hydroxylation is 1. The summed E-state index contributed by atoms with van der Waals surface area (Å²) in [5.41, 5.74) is 0. The molecular formula is C7H13N3S. The van der Waals surface area contributed by atoms with Gasteiger partial charge in [-0.2, -0.15) is 0 Å². The standard InChI is InChI=1S/C7H13N3S/c1-3-4-8-5-7-10-9-6(2)11-7/h8H,3-5H2,1-2H3. The highest BCUT2D eigenvalue weighted by Crippen LogP contribution is 2.06. The number of nitrogens with zero attached hydrogens (tertiary/aromatic N) is 2. The van der Waals surface area contributed by atoms with Crippen LogP contribution >= 0.6 is 11.3 Å². The zero-order valence-electron chi connectivity index (χ0n) is 6.92. The lowest BCUT2D eigenvalue weighted by atomic mass is 10.5. The first-order valence-corrected chi connectivity index (χ1v) is 4.64. The van der Waals surface area contributed by atoms with Crippen molar-refractivity contribution in [3.8, 4) is 0 Å². The largest absolute Gasteiger partial charge is 0.310 e. The summed E-state index contributed by atoms with van der Waals surface area (Å²) in [6.45, 7) is 6.04. The highest BCUT2D eigenvalue weighted by molar-refractivity contribution is 7.11. The fraction of sp³-hybridized carbons (Fsp3) is 0.714. The molecule has 0 fully saturated rings. The molecule has 62 valence electrons. The van der Waals surface area contributed by atoms with E-state index in [0.717, 1.165) is 29.5 Å². The van der Waals surface area contributed by atoms with Crippen LogP contribution in [-0.2, 0) is 6.54 Å².